The number of aliphatic hydroxyl groups is 1. The molecule has 224 valence electrons. The molecule has 0 saturated carbocycles. The summed E-state index contributed by atoms with van der Waals surface area (Å²) < 4.78 is 45.1. The molecule has 2 aromatic carbocycles. The second-order valence-corrected chi connectivity index (χ2v) is 11.0. The monoisotopic (exact) mass is 615 g/mol. The Morgan fingerprint density at radius 2 is 1.70 bits per heavy atom. The summed E-state index contributed by atoms with van der Waals surface area (Å²) >= 11 is 6.52. The minimum absolute atomic E-state index is 0.0820. The molecule has 3 aromatic heterocycles. The smallest absolute Gasteiger partial charge is 0.355 e. The molecule has 0 aliphatic rings. The summed E-state index contributed by atoms with van der Waals surface area (Å²) in [6.45, 7) is 4.23. The molecule has 0 amide bonds. The number of nitrogens with zero attached hydrogens (tertiary/aromatic N) is 5. The van der Waals surface area contributed by atoms with Gasteiger partial charge in [0.2, 0.25) is 5.95 Å². The quantitative estimate of drug-likeness (QED) is 0.227. The third-order valence-corrected chi connectivity index (χ3v) is 6.89. The summed E-state index contributed by atoms with van der Waals surface area (Å²) in [5.41, 5.74) is -2.41. The molecule has 0 unspecified atom stereocenters. The van der Waals surface area contributed by atoms with E-state index >= 15 is 0 Å². The maximum Gasteiger partial charge on any atom is 0.355 e. The fourth-order valence-corrected chi connectivity index (χ4v) is 4.81. The average Bonchev–Trinajstić information content (AvgIpc) is 3.20. The molecule has 0 aliphatic carbocycles. The van der Waals surface area contributed by atoms with Crippen molar-refractivity contribution in [2.45, 2.75) is 46.0 Å². The summed E-state index contributed by atoms with van der Waals surface area (Å²) in [5, 5.41) is 13.4. The van der Waals surface area contributed by atoms with Crippen molar-refractivity contribution in [1.82, 2.24) is 28.7 Å². The Morgan fingerprint density at radius 1 is 1.00 bits per heavy atom. The van der Waals surface area contributed by atoms with Crippen LogP contribution < -0.4 is 22.3 Å². The lowest BCUT2D eigenvalue weighted by atomic mass is 10.1. The minimum atomic E-state index is -1.68. The molecule has 3 heterocycles. The van der Waals surface area contributed by atoms with E-state index in [0.717, 1.165) is 4.57 Å². The molecule has 5 aromatic rings. The summed E-state index contributed by atoms with van der Waals surface area (Å²) in [4.78, 5) is 49.9. The zero-order valence-electron chi connectivity index (χ0n) is 23.1. The molecule has 0 saturated heterocycles. The average molecular weight is 616 g/mol. The first-order chi connectivity index (χ1) is 20.2. The predicted molar refractivity (Wildman–Crippen MR) is 153 cm³/mol. The number of imidazole rings is 1. The van der Waals surface area contributed by atoms with Gasteiger partial charge in [-0.2, -0.15) is 4.98 Å². The zero-order chi connectivity index (χ0) is 31.2. The fourth-order valence-electron chi connectivity index (χ4n) is 4.60. The van der Waals surface area contributed by atoms with Crippen molar-refractivity contribution in [2.24, 2.45) is 0 Å². The van der Waals surface area contributed by atoms with E-state index in [1.807, 2.05) is 0 Å². The minimum Gasteiger partial charge on any atom is -0.389 e. The zero-order valence-corrected chi connectivity index (χ0v) is 23.8. The van der Waals surface area contributed by atoms with Gasteiger partial charge in [0.25, 0.3) is 5.56 Å². The molecule has 5 rings (SSSR count). The Hall–Kier alpha value is -4.69. The van der Waals surface area contributed by atoms with Crippen molar-refractivity contribution < 1.29 is 18.3 Å². The highest BCUT2D eigenvalue weighted by Gasteiger charge is 2.21. The van der Waals surface area contributed by atoms with Crippen LogP contribution in [-0.2, 0) is 19.6 Å². The molecule has 0 atom stereocenters. The fraction of sp³-hybridized carbons (Fsp3) is 0.250. The van der Waals surface area contributed by atoms with E-state index in [1.165, 1.54) is 18.3 Å². The van der Waals surface area contributed by atoms with Crippen LogP contribution in [0.3, 0.4) is 0 Å². The number of anilines is 2. The molecular weight excluding hydrogens is 591 g/mol. The van der Waals surface area contributed by atoms with Gasteiger partial charge in [0, 0.05) is 11.8 Å². The van der Waals surface area contributed by atoms with Gasteiger partial charge < -0.3 is 20.0 Å². The van der Waals surface area contributed by atoms with Crippen LogP contribution in [0.1, 0.15) is 30.8 Å². The number of aryl methyl sites for hydroxylation is 1. The van der Waals surface area contributed by atoms with Crippen LogP contribution in [0.25, 0.3) is 11.0 Å². The molecule has 3 N–H and O–H groups in total. The number of nitrogens with one attached hydrogen (secondary N) is 2. The summed E-state index contributed by atoms with van der Waals surface area (Å²) in [7, 11) is 0. The van der Waals surface area contributed by atoms with Gasteiger partial charge in [-0.25, -0.2) is 32.3 Å². The van der Waals surface area contributed by atoms with E-state index in [1.54, 1.807) is 37.5 Å². The Kier molecular flexibility index (Phi) is 7.75. The van der Waals surface area contributed by atoms with Gasteiger partial charge in [-0.3, -0.25) is 9.36 Å². The predicted octanol–water partition coefficient (Wildman–Crippen LogP) is 3.43. The van der Waals surface area contributed by atoms with E-state index in [2.05, 4.69) is 20.3 Å². The van der Waals surface area contributed by atoms with Crippen LogP contribution in [-0.4, -0.2) is 39.4 Å². The van der Waals surface area contributed by atoms with Gasteiger partial charge in [-0.05, 0) is 56.7 Å². The summed E-state index contributed by atoms with van der Waals surface area (Å²) in [6.07, 6.45) is 1.38. The summed E-state index contributed by atoms with van der Waals surface area (Å²) in [5.74, 6) is -4.37. The number of halogens is 4. The van der Waals surface area contributed by atoms with Gasteiger partial charge in [-0.15, -0.1) is 0 Å². The first kappa shape index (κ1) is 29.8. The van der Waals surface area contributed by atoms with E-state index < -0.39 is 53.1 Å². The van der Waals surface area contributed by atoms with E-state index in [-0.39, 0.29) is 34.3 Å². The SMILES string of the molecule is Cc1nc2cc(Cl)c(Nc3nc(=O)n(Cc4ccc[nH]c4=O)c(=O)n3Cc3cc(F)c(F)c(F)c3)cc2n1CC(C)(C)O. The van der Waals surface area contributed by atoms with Crippen LogP contribution in [0.2, 0.25) is 5.02 Å². The molecule has 0 aliphatic heterocycles. The largest absolute Gasteiger partial charge is 0.389 e. The number of rotatable bonds is 8. The standard InChI is InChI=1S/C28H25ClF3N7O4/c1-14-34-21-9-17(29)20(10-22(21)39(14)13-28(2,3)43)35-25-36-26(41)38(12-16-5-4-6-33-24(16)40)27(42)37(25)11-15-7-18(30)23(32)19(31)8-15/h4-10,43H,11-13H2,1-3H3,(H,33,40)(H,35,36,41). The van der Waals surface area contributed by atoms with Gasteiger partial charge >= 0.3 is 11.4 Å². The van der Waals surface area contributed by atoms with Crippen LogP contribution in [0, 0.1) is 24.4 Å². The second kappa shape index (κ2) is 11.2. The number of pyridine rings is 1. The third-order valence-electron chi connectivity index (χ3n) is 6.58. The van der Waals surface area contributed by atoms with E-state index in [0.29, 0.717) is 33.6 Å². The molecule has 43 heavy (non-hydrogen) atoms. The van der Waals surface area contributed by atoms with E-state index in [9.17, 15) is 32.7 Å². The number of benzene rings is 2. The van der Waals surface area contributed by atoms with Gasteiger partial charge in [0.15, 0.2) is 17.5 Å². The highest BCUT2D eigenvalue weighted by molar-refractivity contribution is 6.34. The van der Waals surface area contributed by atoms with Crippen molar-refractivity contribution in [3.63, 3.8) is 0 Å². The maximum atomic E-state index is 14.1. The molecular formula is C28H25ClF3N7O4. The number of hydrogen-bond donors (Lipinski definition) is 3. The lowest BCUT2D eigenvalue weighted by molar-refractivity contribution is 0.0620. The Labute approximate surface area is 245 Å². The van der Waals surface area contributed by atoms with Crippen molar-refractivity contribution in [3.8, 4) is 0 Å². The van der Waals surface area contributed by atoms with Crippen LogP contribution >= 0.6 is 11.6 Å². The Balaban J connectivity index is 1.66. The molecule has 0 fully saturated rings. The molecule has 0 bridgehead atoms. The van der Waals surface area contributed by atoms with Crippen LogP contribution in [0.5, 0.6) is 0 Å². The molecule has 11 nitrogen and oxygen atoms in total. The molecule has 0 radical (unpaired) electrons. The lowest BCUT2D eigenvalue weighted by Crippen LogP contribution is -2.43. The van der Waals surface area contributed by atoms with Crippen molar-refractivity contribution in [1.29, 1.82) is 0 Å². The van der Waals surface area contributed by atoms with Gasteiger partial charge in [0.05, 0.1) is 47.0 Å². The maximum absolute atomic E-state index is 14.1. The first-order valence-corrected chi connectivity index (χ1v) is 13.3. The highest BCUT2D eigenvalue weighted by Crippen LogP contribution is 2.31. The lowest BCUT2D eigenvalue weighted by Gasteiger charge is -2.20. The number of aromatic nitrogens is 6. The Bertz CT molecular complexity index is 2040. The van der Waals surface area contributed by atoms with Crippen molar-refractivity contribution in [3.05, 3.63) is 113 Å². The Morgan fingerprint density at radius 3 is 2.35 bits per heavy atom. The van der Waals surface area contributed by atoms with Gasteiger partial charge in [-0.1, -0.05) is 17.7 Å². The molecule has 15 heteroatoms. The third kappa shape index (κ3) is 6.10. The van der Waals surface area contributed by atoms with Crippen LogP contribution in [0.15, 0.2) is 57.0 Å². The normalized spacial score (nSPS) is 11.8. The topological polar surface area (TPSA) is 140 Å². The number of fused-ring (bicyclic) bond motifs is 1. The van der Waals surface area contributed by atoms with Crippen LogP contribution in [0.4, 0.5) is 24.8 Å². The van der Waals surface area contributed by atoms with E-state index in [4.69, 9.17) is 11.6 Å². The number of hydrogen-bond acceptors (Lipinski definition) is 7. The second-order valence-electron chi connectivity index (χ2n) is 10.6. The summed E-state index contributed by atoms with van der Waals surface area (Å²) in [6, 6.07) is 7.48. The van der Waals surface area contributed by atoms with Crippen molar-refractivity contribution >= 4 is 34.3 Å². The highest BCUT2D eigenvalue weighted by atomic mass is 35.5. The first-order valence-electron chi connectivity index (χ1n) is 12.9. The number of H-pyrrole nitrogens is 1. The van der Waals surface area contributed by atoms with Crippen molar-refractivity contribution in [2.75, 3.05) is 5.32 Å². The number of aromatic amines is 1. The van der Waals surface area contributed by atoms with Gasteiger partial charge in [0.1, 0.15) is 5.82 Å². The molecule has 0 spiro atoms.